The Hall–Kier alpha value is -1.16. The van der Waals surface area contributed by atoms with E-state index < -0.39 is 0 Å². The van der Waals surface area contributed by atoms with Crippen molar-refractivity contribution in [2.45, 2.75) is 32.7 Å². The Bertz CT molecular complexity index is 353. The Morgan fingerprint density at radius 2 is 2.12 bits per heavy atom. The second-order valence-electron chi connectivity index (χ2n) is 4.67. The second kappa shape index (κ2) is 4.37. The molecular formula is C12H20N4. The van der Waals surface area contributed by atoms with Crippen molar-refractivity contribution in [2.24, 2.45) is 11.7 Å². The van der Waals surface area contributed by atoms with Gasteiger partial charge in [0.1, 0.15) is 11.6 Å². The fourth-order valence-electron chi connectivity index (χ4n) is 2.20. The molecule has 4 heteroatoms. The van der Waals surface area contributed by atoms with E-state index in [0.717, 1.165) is 23.3 Å². The van der Waals surface area contributed by atoms with Gasteiger partial charge in [-0.3, -0.25) is 0 Å². The highest BCUT2D eigenvalue weighted by atomic mass is 15.2. The van der Waals surface area contributed by atoms with Crippen LogP contribution < -0.4 is 10.6 Å². The van der Waals surface area contributed by atoms with E-state index in [1.54, 1.807) is 0 Å². The minimum Gasteiger partial charge on any atom is -0.355 e. The molecule has 0 radical (unpaired) electrons. The van der Waals surface area contributed by atoms with E-state index in [0.29, 0.717) is 12.6 Å². The molecule has 1 atom stereocenters. The van der Waals surface area contributed by atoms with Gasteiger partial charge in [-0.2, -0.15) is 0 Å². The van der Waals surface area contributed by atoms with Crippen molar-refractivity contribution in [3.8, 4) is 0 Å². The molecular weight excluding hydrogens is 200 g/mol. The summed E-state index contributed by atoms with van der Waals surface area (Å²) < 4.78 is 0. The molecule has 1 aromatic rings. The van der Waals surface area contributed by atoms with Crippen LogP contribution in [0.5, 0.6) is 0 Å². The summed E-state index contributed by atoms with van der Waals surface area (Å²) in [6.07, 6.45) is 2.60. The average molecular weight is 220 g/mol. The molecule has 0 saturated heterocycles. The predicted molar refractivity (Wildman–Crippen MR) is 65.5 cm³/mol. The van der Waals surface area contributed by atoms with Gasteiger partial charge in [0.25, 0.3) is 0 Å². The van der Waals surface area contributed by atoms with Gasteiger partial charge >= 0.3 is 0 Å². The van der Waals surface area contributed by atoms with E-state index in [2.05, 4.69) is 21.9 Å². The molecule has 1 saturated carbocycles. The molecule has 1 unspecified atom stereocenters. The summed E-state index contributed by atoms with van der Waals surface area (Å²) in [6, 6.07) is 2.45. The van der Waals surface area contributed by atoms with Crippen LogP contribution in [0.1, 0.15) is 24.4 Å². The van der Waals surface area contributed by atoms with E-state index in [1.807, 2.05) is 19.9 Å². The number of hydrogen-bond donors (Lipinski definition) is 1. The lowest BCUT2D eigenvalue weighted by atomic mass is 10.1. The molecule has 16 heavy (non-hydrogen) atoms. The van der Waals surface area contributed by atoms with Gasteiger partial charge in [0.05, 0.1) is 0 Å². The number of nitrogens with zero attached hydrogens (tertiary/aromatic N) is 3. The van der Waals surface area contributed by atoms with Crippen LogP contribution in [0.3, 0.4) is 0 Å². The number of rotatable bonds is 4. The third kappa shape index (κ3) is 2.32. The van der Waals surface area contributed by atoms with E-state index in [1.165, 1.54) is 12.8 Å². The maximum Gasteiger partial charge on any atom is 0.132 e. The monoisotopic (exact) mass is 220 g/mol. The van der Waals surface area contributed by atoms with Gasteiger partial charge in [0.2, 0.25) is 0 Å². The molecule has 0 aliphatic heterocycles. The fraction of sp³-hybridized carbons (Fsp3) is 0.667. The van der Waals surface area contributed by atoms with Crippen molar-refractivity contribution in [3.63, 3.8) is 0 Å². The summed E-state index contributed by atoms with van der Waals surface area (Å²) in [5, 5.41) is 0. The Labute approximate surface area is 96.9 Å². The Morgan fingerprint density at radius 1 is 1.44 bits per heavy atom. The summed E-state index contributed by atoms with van der Waals surface area (Å²) in [5.41, 5.74) is 6.86. The molecule has 88 valence electrons. The SMILES string of the molecule is Cc1cc(N(C)C(CN)C2CC2)nc(C)n1. The highest BCUT2D eigenvalue weighted by Crippen LogP contribution is 2.35. The highest BCUT2D eigenvalue weighted by Gasteiger charge is 2.33. The number of aromatic nitrogens is 2. The molecule has 2 rings (SSSR count). The molecule has 0 aromatic carbocycles. The summed E-state index contributed by atoms with van der Waals surface area (Å²) in [5.74, 6) is 2.58. The molecule has 0 amide bonds. The zero-order valence-corrected chi connectivity index (χ0v) is 10.3. The van der Waals surface area contributed by atoms with Crippen LogP contribution in [0.15, 0.2) is 6.07 Å². The first kappa shape index (κ1) is 11.3. The molecule has 4 nitrogen and oxygen atoms in total. The number of likely N-dealkylation sites (N-methyl/N-ethyl adjacent to an activating group) is 1. The van der Waals surface area contributed by atoms with Crippen molar-refractivity contribution in [2.75, 3.05) is 18.5 Å². The molecule has 1 heterocycles. The average Bonchev–Trinajstić information content (AvgIpc) is 3.01. The van der Waals surface area contributed by atoms with Gasteiger partial charge < -0.3 is 10.6 Å². The fourth-order valence-corrected chi connectivity index (χ4v) is 2.20. The summed E-state index contributed by atoms with van der Waals surface area (Å²) in [6.45, 7) is 4.63. The second-order valence-corrected chi connectivity index (χ2v) is 4.67. The normalized spacial score (nSPS) is 17.2. The zero-order valence-electron chi connectivity index (χ0n) is 10.3. The van der Waals surface area contributed by atoms with Crippen LogP contribution in [-0.2, 0) is 0 Å². The number of nitrogens with two attached hydrogens (primary N) is 1. The van der Waals surface area contributed by atoms with Gasteiger partial charge in [-0.25, -0.2) is 9.97 Å². The maximum atomic E-state index is 5.84. The molecule has 1 aliphatic rings. The van der Waals surface area contributed by atoms with Gasteiger partial charge in [-0.05, 0) is 32.6 Å². The van der Waals surface area contributed by atoms with Crippen molar-refractivity contribution in [1.82, 2.24) is 9.97 Å². The van der Waals surface area contributed by atoms with Crippen LogP contribution in [-0.4, -0.2) is 29.6 Å². The third-order valence-corrected chi connectivity index (χ3v) is 3.22. The summed E-state index contributed by atoms with van der Waals surface area (Å²) in [7, 11) is 2.08. The quantitative estimate of drug-likeness (QED) is 0.830. The van der Waals surface area contributed by atoms with Crippen LogP contribution in [0.2, 0.25) is 0 Å². The number of hydrogen-bond acceptors (Lipinski definition) is 4. The highest BCUT2D eigenvalue weighted by molar-refractivity contribution is 5.40. The lowest BCUT2D eigenvalue weighted by molar-refractivity contribution is 0.565. The van der Waals surface area contributed by atoms with Crippen molar-refractivity contribution in [3.05, 3.63) is 17.6 Å². The minimum absolute atomic E-state index is 0.425. The predicted octanol–water partition coefficient (Wildman–Crippen LogP) is 1.27. The van der Waals surface area contributed by atoms with Crippen molar-refractivity contribution < 1.29 is 0 Å². The Kier molecular flexibility index (Phi) is 3.10. The first-order valence-electron chi connectivity index (χ1n) is 5.87. The number of aryl methyl sites for hydroxylation is 2. The molecule has 0 bridgehead atoms. The Morgan fingerprint density at radius 3 is 2.62 bits per heavy atom. The topological polar surface area (TPSA) is 55.0 Å². The van der Waals surface area contributed by atoms with Crippen LogP contribution in [0.25, 0.3) is 0 Å². The zero-order chi connectivity index (χ0) is 11.7. The van der Waals surface area contributed by atoms with E-state index >= 15 is 0 Å². The van der Waals surface area contributed by atoms with Gasteiger partial charge in [0.15, 0.2) is 0 Å². The van der Waals surface area contributed by atoms with Crippen LogP contribution in [0, 0.1) is 19.8 Å². The first-order valence-corrected chi connectivity index (χ1v) is 5.87. The van der Waals surface area contributed by atoms with Crippen molar-refractivity contribution in [1.29, 1.82) is 0 Å². The van der Waals surface area contributed by atoms with Gasteiger partial charge in [-0.1, -0.05) is 0 Å². The molecule has 0 spiro atoms. The third-order valence-electron chi connectivity index (χ3n) is 3.22. The maximum absolute atomic E-state index is 5.84. The summed E-state index contributed by atoms with van der Waals surface area (Å²) in [4.78, 5) is 11.0. The van der Waals surface area contributed by atoms with Gasteiger partial charge in [-0.15, -0.1) is 0 Å². The molecule has 1 aliphatic carbocycles. The largest absolute Gasteiger partial charge is 0.355 e. The van der Waals surface area contributed by atoms with E-state index in [9.17, 15) is 0 Å². The van der Waals surface area contributed by atoms with E-state index in [-0.39, 0.29) is 0 Å². The van der Waals surface area contributed by atoms with Crippen LogP contribution in [0.4, 0.5) is 5.82 Å². The lowest BCUT2D eigenvalue weighted by Crippen LogP contribution is -2.40. The summed E-state index contributed by atoms with van der Waals surface area (Å²) >= 11 is 0. The van der Waals surface area contributed by atoms with Gasteiger partial charge in [0, 0.05) is 31.4 Å². The smallest absolute Gasteiger partial charge is 0.132 e. The van der Waals surface area contributed by atoms with Crippen LogP contribution >= 0.6 is 0 Å². The lowest BCUT2D eigenvalue weighted by Gasteiger charge is -2.28. The number of anilines is 1. The molecule has 1 fully saturated rings. The molecule has 1 aromatic heterocycles. The van der Waals surface area contributed by atoms with Crippen molar-refractivity contribution >= 4 is 5.82 Å². The Balaban J connectivity index is 2.21. The molecule has 2 N–H and O–H groups in total. The first-order chi connectivity index (χ1) is 7.61. The van der Waals surface area contributed by atoms with E-state index in [4.69, 9.17) is 5.73 Å². The standard InChI is InChI=1S/C12H20N4/c1-8-6-12(15-9(2)14-8)16(3)11(7-13)10-4-5-10/h6,10-11H,4-5,7,13H2,1-3H3. The minimum atomic E-state index is 0.425.